The molecular weight excluding hydrogens is 522 g/mol. The lowest BCUT2D eigenvalue weighted by molar-refractivity contribution is 0.0484. The minimum atomic E-state index is -3.81. The summed E-state index contributed by atoms with van der Waals surface area (Å²) >= 11 is 0. The SMILES string of the molecule is CC(C(O)c1ccc(OCc2ccccc2)c(NS(=O)(=O)N(C)C)c1)N(Cc1ccccc1)Cc1ccccc1. The van der Waals surface area contributed by atoms with Gasteiger partial charge in [-0.3, -0.25) is 9.62 Å². The summed E-state index contributed by atoms with van der Waals surface area (Å²) in [7, 11) is -0.892. The standard InChI is InChI=1S/C32H37N3O4S/c1-25(35(22-26-13-7-4-8-14-26)23-27-15-9-5-10-16-27)32(36)29-19-20-31(39-24-28-17-11-6-12-18-28)30(21-29)33-40(37,38)34(2)3/h4-21,25,32-33,36H,22-24H2,1-3H3. The van der Waals surface area contributed by atoms with Gasteiger partial charge in [-0.15, -0.1) is 0 Å². The second-order valence-corrected chi connectivity index (χ2v) is 11.9. The Morgan fingerprint density at radius 2 is 1.27 bits per heavy atom. The number of aliphatic hydroxyl groups excluding tert-OH is 1. The van der Waals surface area contributed by atoms with Crippen molar-refractivity contribution in [2.75, 3.05) is 18.8 Å². The van der Waals surface area contributed by atoms with Crippen LogP contribution in [0.15, 0.2) is 109 Å². The molecule has 210 valence electrons. The van der Waals surface area contributed by atoms with Crippen LogP contribution in [0.25, 0.3) is 0 Å². The van der Waals surface area contributed by atoms with Crippen LogP contribution in [0.3, 0.4) is 0 Å². The molecule has 4 rings (SSSR count). The zero-order chi connectivity index (χ0) is 28.5. The predicted molar refractivity (Wildman–Crippen MR) is 160 cm³/mol. The maximum atomic E-state index is 12.7. The fourth-order valence-electron chi connectivity index (χ4n) is 4.36. The first-order valence-corrected chi connectivity index (χ1v) is 14.7. The third kappa shape index (κ3) is 7.92. The molecule has 0 bridgehead atoms. The molecule has 2 unspecified atom stereocenters. The quantitative estimate of drug-likeness (QED) is 0.223. The van der Waals surface area contributed by atoms with E-state index in [4.69, 9.17) is 4.74 Å². The van der Waals surface area contributed by atoms with E-state index in [0.29, 0.717) is 24.4 Å². The van der Waals surface area contributed by atoms with Gasteiger partial charge in [-0.1, -0.05) is 97.1 Å². The zero-order valence-corrected chi connectivity index (χ0v) is 24.0. The topological polar surface area (TPSA) is 82.1 Å². The molecule has 4 aromatic rings. The van der Waals surface area contributed by atoms with Crippen LogP contribution in [-0.2, 0) is 29.9 Å². The van der Waals surface area contributed by atoms with Crippen LogP contribution in [0.5, 0.6) is 5.75 Å². The highest BCUT2D eigenvalue weighted by molar-refractivity contribution is 7.90. The van der Waals surface area contributed by atoms with Gasteiger partial charge in [-0.25, -0.2) is 0 Å². The fraction of sp³-hybridized carbons (Fsp3) is 0.250. The van der Waals surface area contributed by atoms with Gasteiger partial charge in [0.25, 0.3) is 0 Å². The Bertz CT molecular complexity index is 1410. The van der Waals surface area contributed by atoms with Crippen LogP contribution in [0.2, 0.25) is 0 Å². The zero-order valence-electron chi connectivity index (χ0n) is 23.1. The van der Waals surface area contributed by atoms with E-state index in [0.717, 1.165) is 21.0 Å². The average molecular weight is 560 g/mol. The van der Waals surface area contributed by atoms with Gasteiger partial charge in [0.05, 0.1) is 11.8 Å². The summed E-state index contributed by atoms with van der Waals surface area (Å²) in [5, 5.41) is 11.6. The second kappa shape index (κ2) is 13.6. The first kappa shape index (κ1) is 29.3. The molecule has 0 aliphatic heterocycles. The summed E-state index contributed by atoms with van der Waals surface area (Å²) in [6.45, 7) is 3.55. The fourth-order valence-corrected chi connectivity index (χ4v) is 4.98. The lowest BCUT2D eigenvalue weighted by atomic mass is 10.00. The van der Waals surface area contributed by atoms with Crippen LogP contribution < -0.4 is 9.46 Å². The maximum Gasteiger partial charge on any atom is 0.301 e. The minimum Gasteiger partial charge on any atom is -0.487 e. The number of ether oxygens (including phenoxy) is 1. The molecule has 40 heavy (non-hydrogen) atoms. The van der Waals surface area contributed by atoms with E-state index in [1.54, 1.807) is 18.2 Å². The molecule has 0 saturated heterocycles. The summed E-state index contributed by atoms with van der Waals surface area (Å²) in [4.78, 5) is 2.22. The molecule has 0 amide bonds. The first-order chi connectivity index (χ1) is 19.2. The van der Waals surface area contributed by atoms with E-state index in [1.807, 2.05) is 73.7 Å². The average Bonchev–Trinajstić information content (AvgIpc) is 2.97. The number of rotatable bonds is 13. The molecule has 0 fully saturated rings. The molecule has 0 saturated carbocycles. The molecule has 0 heterocycles. The molecule has 0 aliphatic carbocycles. The third-order valence-corrected chi connectivity index (χ3v) is 8.23. The van der Waals surface area contributed by atoms with E-state index in [-0.39, 0.29) is 18.3 Å². The van der Waals surface area contributed by atoms with Gasteiger partial charge in [-0.05, 0) is 41.3 Å². The van der Waals surface area contributed by atoms with Crippen molar-refractivity contribution in [1.29, 1.82) is 0 Å². The van der Waals surface area contributed by atoms with Gasteiger partial charge >= 0.3 is 10.2 Å². The van der Waals surface area contributed by atoms with Gasteiger partial charge in [0.2, 0.25) is 0 Å². The van der Waals surface area contributed by atoms with E-state index < -0.39 is 16.3 Å². The summed E-state index contributed by atoms with van der Waals surface area (Å²) in [5.74, 6) is 0.378. The molecule has 0 spiro atoms. The highest BCUT2D eigenvalue weighted by Crippen LogP contribution is 2.33. The van der Waals surface area contributed by atoms with Crippen molar-refractivity contribution in [3.8, 4) is 5.75 Å². The van der Waals surface area contributed by atoms with Gasteiger partial charge in [0, 0.05) is 33.2 Å². The molecular formula is C32H37N3O4S. The summed E-state index contributed by atoms with van der Waals surface area (Å²) in [6.07, 6.45) is -0.891. The monoisotopic (exact) mass is 559 g/mol. The Balaban J connectivity index is 1.62. The predicted octanol–water partition coefficient (Wildman–Crippen LogP) is 5.61. The highest BCUT2D eigenvalue weighted by atomic mass is 32.2. The molecule has 4 aromatic carbocycles. The van der Waals surface area contributed by atoms with Crippen molar-refractivity contribution in [2.45, 2.75) is 38.8 Å². The van der Waals surface area contributed by atoms with Gasteiger partial charge < -0.3 is 9.84 Å². The number of hydrogen-bond donors (Lipinski definition) is 2. The number of nitrogens with zero attached hydrogens (tertiary/aromatic N) is 2. The Kier molecular flexibility index (Phi) is 9.95. The van der Waals surface area contributed by atoms with Crippen molar-refractivity contribution in [1.82, 2.24) is 9.21 Å². The lowest BCUT2D eigenvalue weighted by Crippen LogP contribution is -2.36. The van der Waals surface area contributed by atoms with E-state index in [1.165, 1.54) is 14.1 Å². The summed E-state index contributed by atoms with van der Waals surface area (Å²) in [6, 6.07) is 34.8. The van der Waals surface area contributed by atoms with Gasteiger partial charge in [0.15, 0.2) is 0 Å². The normalized spacial score (nSPS) is 13.2. The van der Waals surface area contributed by atoms with Crippen LogP contribution in [-0.4, -0.2) is 42.9 Å². The van der Waals surface area contributed by atoms with Crippen molar-refractivity contribution in [2.24, 2.45) is 0 Å². The molecule has 2 N–H and O–H groups in total. The van der Waals surface area contributed by atoms with Crippen molar-refractivity contribution in [3.05, 3.63) is 131 Å². The Hall–Kier alpha value is -3.69. The molecule has 0 radical (unpaired) electrons. The molecule has 0 aromatic heterocycles. The van der Waals surface area contributed by atoms with Gasteiger partial charge in [-0.2, -0.15) is 12.7 Å². The van der Waals surface area contributed by atoms with Crippen molar-refractivity contribution < 1.29 is 18.3 Å². The smallest absolute Gasteiger partial charge is 0.301 e. The molecule has 2 atom stereocenters. The second-order valence-electron chi connectivity index (χ2n) is 9.98. The van der Waals surface area contributed by atoms with Crippen molar-refractivity contribution >= 4 is 15.9 Å². The summed E-state index contributed by atoms with van der Waals surface area (Å²) in [5.41, 5.74) is 4.09. The van der Waals surface area contributed by atoms with Gasteiger partial charge in [0.1, 0.15) is 12.4 Å². The van der Waals surface area contributed by atoms with Crippen molar-refractivity contribution in [3.63, 3.8) is 0 Å². The third-order valence-electron chi connectivity index (χ3n) is 6.79. The lowest BCUT2D eigenvalue weighted by Gasteiger charge is -2.33. The van der Waals surface area contributed by atoms with Crippen LogP contribution in [0, 0.1) is 0 Å². The number of hydrogen-bond acceptors (Lipinski definition) is 5. The molecule has 8 heteroatoms. The Morgan fingerprint density at radius 1 is 0.775 bits per heavy atom. The number of anilines is 1. The minimum absolute atomic E-state index is 0.269. The Labute approximate surface area is 237 Å². The van der Waals surface area contributed by atoms with Crippen LogP contribution in [0.1, 0.15) is 35.3 Å². The van der Waals surface area contributed by atoms with E-state index in [2.05, 4.69) is 33.9 Å². The molecule has 7 nitrogen and oxygen atoms in total. The van der Waals surface area contributed by atoms with Crippen LogP contribution in [0.4, 0.5) is 5.69 Å². The maximum absolute atomic E-state index is 12.7. The largest absolute Gasteiger partial charge is 0.487 e. The summed E-state index contributed by atoms with van der Waals surface area (Å²) < 4.78 is 35.2. The van der Waals surface area contributed by atoms with E-state index >= 15 is 0 Å². The van der Waals surface area contributed by atoms with Crippen LogP contribution >= 0.6 is 0 Å². The number of nitrogens with one attached hydrogen (secondary N) is 1. The highest BCUT2D eigenvalue weighted by Gasteiger charge is 2.26. The first-order valence-electron chi connectivity index (χ1n) is 13.2. The Morgan fingerprint density at radius 3 is 1.77 bits per heavy atom. The number of benzene rings is 4. The van der Waals surface area contributed by atoms with E-state index in [9.17, 15) is 13.5 Å². The number of aliphatic hydroxyl groups is 1. The molecule has 0 aliphatic rings.